The Kier molecular flexibility index (Phi) is 5.87. The van der Waals surface area contributed by atoms with E-state index in [9.17, 15) is 9.59 Å². The molecule has 2 aromatic carbocycles. The number of nitrogens with zero attached hydrogens (tertiary/aromatic N) is 2. The second-order valence-corrected chi connectivity index (χ2v) is 6.65. The molecule has 1 amide bonds. The number of aromatic nitrogens is 2. The third kappa shape index (κ3) is 4.27. The Morgan fingerprint density at radius 1 is 1.21 bits per heavy atom. The first-order valence-corrected chi connectivity index (χ1v) is 9.10. The van der Waals surface area contributed by atoms with Crippen LogP contribution in [0.25, 0.3) is 11.3 Å². The number of H-pyrrole nitrogens is 1. The van der Waals surface area contributed by atoms with Crippen LogP contribution in [0.5, 0.6) is 0 Å². The largest absolute Gasteiger partial charge is 0.448 e. The number of halogens is 1. The van der Waals surface area contributed by atoms with Crippen LogP contribution < -0.4 is 5.32 Å². The highest BCUT2D eigenvalue weighted by molar-refractivity contribution is 9.10. The average molecular weight is 439 g/mol. The lowest BCUT2D eigenvalue weighted by Gasteiger charge is -2.13. The molecule has 2 N–H and O–H groups in total. The highest BCUT2D eigenvalue weighted by atomic mass is 79.9. The molecule has 0 aliphatic rings. The topological polar surface area (TPSA) is 108 Å². The fourth-order valence-corrected chi connectivity index (χ4v) is 3.00. The van der Waals surface area contributed by atoms with Crippen molar-refractivity contribution < 1.29 is 14.3 Å². The van der Waals surface area contributed by atoms with Crippen molar-refractivity contribution in [2.75, 3.05) is 5.32 Å². The Labute approximate surface area is 169 Å². The van der Waals surface area contributed by atoms with Crippen molar-refractivity contribution >= 4 is 33.5 Å². The SMILES string of the molecule is C[C@@H](OC(=O)c1[nH]nc(-c2ccccc2)c1Br)C(=O)Nc1cccc(C#N)c1. The molecule has 0 bridgehead atoms. The van der Waals surface area contributed by atoms with E-state index < -0.39 is 18.0 Å². The van der Waals surface area contributed by atoms with Gasteiger partial charge in [0.05, 0.1) is 16.1 Å². The van der Waals surface area contributed by atoms with Gasteiger partial charge in [-0.15, -0.1) is 0 Å². The number of benzene rings is 2. The first-order valence-electron chi connectivity index (χ1n) is 8.31. The summed E-state index contributed by atoms with van der Waals surface area (Å²) in [5.41, 5.74) is 2.37. The molecule has 0 aliphatic carbocycles. The number of nitrogens with one attached hydrogen (secondary N) is 2. The van der Waals surface area contributed by atoms with Crippen LogP contribution in [0.4, 0.5) is 5.69 Å². The van der Waals surface area contributed by atoms with E-state index in [0.717, 1.165) is 5.56 Å². The van der Waals surface area contributed by atoms with E-state index in [0.29, 0.717) is 21.4 Å². The highest BCUT2D eigenvalue weighted by Crippen LogP contribution is 2.29. The summed E-state index contributed by atoms with van der Waals surface area (Å²) in [6.45, 7) is 1.46. The lowest BCUT2D eigenvalue weighted by atomic mass is 10.1. The Morgan fingerprint density at radius 2 is 1.96 bits per heavy atom. The van der Waals surface area contributed by atoms with Gasteiger partial charge >= 0.3 is 5.97 Å². The van der Waals surface area contributed by atoms with Crippen LogP contribution in [0, 0.1) is 11.3 Å². The molecule has 1 aromatic heterocycles. The molecule has 0 aliphatic heterocycles. The number of hydrogen-bond acceptors (Lipinski definition) is 5. The van der Waals surface area contributed by atoms with E-state index >= 15 is 0 Å². The minimum absolute atomic E-state index is 0.116. The van der Waals surface area contributed by atoms with Crippen molar-refractivity contribution in [1.82, 2.24) is 10.2 Å². The third-order valence-corrected chi connectivity index (χ3v) is 4.64. The number of hydrogen-bond donors (Lipinski definition) is 2. The minimum Gasteiger partial charge on any atom is -0.448 e. The van der Waals surface area contributed by atoms with Gasteiger partial charge in [0.15, 0.2) is 11.8 Å². The predicted octanol–water partition coefficient (Wildman–Crippen LogP) is 3.89. The van der Waals surface area contributed by atoms with Gasteiger partial charge in [-0.05, 0) is 41.1 Å². The van der Waals surface area contributed by atoms with Crippen molar-refractivity contribution in [3.8, 4) is 17.3 Å². The summed E-state index contributed by atoms with van der Waals surface area (Å²) in [6, 6.07) is 17.8. The number of anilines is 1. The van der Waals surface area contributed by atoms with Gasteiger partial charge in [0.2, 0.25) is 0 Å². The van der Waals surface area contributed by atoms with Crippen LogP contribution in [0.15, 0.2) is 59.1 Å². The average Bonchev–Trinajstić information content (AvgIpc) is 3.10. The second-order valence-electron chi connectivity index (χ2n) is 5.86. The number of amides is 1. The predicted molar refractivity (Wildman–Crippen MR) is 106 cm³/mol. The number of carbonyl (C=O) groups is 2. The number of esters is 1. The van der Waals surface area contributed by atoms with Gasteiger partial charge in [-0.2, -0.15) is 10.4 Å². The van der Waals surface area contributed by atoms with E-state index in [2.05, 4.69) is 31.4 Å². The fraction of sp³-hybridized carbons (Fsp3) is 0.100. The Morgan fingerprint density at radius 3 is 2.68 bits per heavy atom. The molecule has 1 heterocycles. The van der Waals surface area contributed by atoms with E-state index in [4.69, 9.17) is 10.00 Å². The van der Waals surface area contributed by atoms with Gasteiger partial charge in [0, 0.05) is 11.3 Å². The maximum atomic E-state index is 12.4. The van der Waals surface area contributed by atoms with Crippen molar-refractivity contribution in [2.45, 2.75) is 13.0 Å². The Bertz CT molecular complexity index is 1060. The van der Waals surface area contributed by atoms with Gasteiger partial charge in [-0.3, -0.25) is 9.89 Å². The van der Waals surface area contributed by atoms with Gasteiger partial charge in [0.25, 0.3) is 5.91 Å². The number of rotatable bonds is 5. The number of ether oxygens (including phenoxy) is 1. The van der Waals surface area contributed by atoms with Crippen molar-refractivity contribution in [3.05, 3.63) is 70.3 Å². The van der Waals surface area contributed by atoms with Gasteiger partial charge < -0.3 is 10.1 Å². The standard InChI is InChI=1S/C20H15BrN4O3/c1-12(19(26)23-15-9-5-6-13(10-15)11-22)28-20(27)18-16(21)17(24-25-18)14-7-3-2-4-8-14/h2-10,12H,1H3,(H,23,26)(H,24,25)/t12-/m1/s1. The van der Waals surface area contributed by atoms with Crippen molar-refractivity contribution in [2.24, 2.45) is 0 Å². The Hall–Kier alpha value is -3.44. The zero-order valence-corrected chi connectivity index (χ0v) is 16.4. The van der Waals surface area contributed by atoms with E-state index in [1.165, 1.54) is 13.0 Å². The quantitative estimate of drug-likeness (QED) is 0.587. The summed E-state index contributed by atoms with van der Waals surface area (Å²) in [4.78, 5) is 24.7. The molecular formula is C20H15BrN4O3. The molecule has 0 saturated heterocycles. The van der Waals surface area contributed by atoms with Crippen LogP contribution in [0.1, 0.15) is 23.0 Å². The smallest absolute Gasteiger partial charge is 0.358 e. The van der Waals surface area contributed by atoms with E-state index in [1.54, 1.807) is 18.2 Å². The Balaban J connectivity index is 1.68. The van der Waals surface area contributed by atoms with E-state index in [1.807, 2.05) is 36.4 Å². The molecule has 1 atom stereocenters. The maximum absolute atomic E-state index is 12.4. The molecule has 0 radical (unpaired) electrons. The lowest BCUT2D eigenvalue weighted by molar-refractivity contribution is -0.123. The summed E-state index contributed by atoms with van der Waals surface area (Å²) in [5, 5.41) is 18.3. The molecule has 0 spiro atoms. The molecule has 28 heavy (non-hydrogen) atoms. The summed E-state index contributed by atoms with van der Waals surface area (Å²) in [7, 11) is 0. The molecule has 3 rings (SSSR count). The first-order chi connectivity index (χ1) is 13.5. The number of nitriles is 1. The van der Waals surface area contributed by atoms with Crippen LogP contribution in [0.3, 0.4) is 0 Å². The van der Waals surface area contributed by atoms with Gasteiger partial charge in [-0.1, -0.05) is 36.4 Å². The van der Waals surface area contributed by atoms with Crippen LogP contribution >= 0.6 is 15.9 Å². The van der Waals surface area contributed by atoms with Crippen molar-refractivity contribution in [3.63, 3.8) is 0 Å². The summed E-state index contributed by atoms with van der Waals surface area (Å²) in [6.07, 6.45) is -1.05. The first kappa shape index (κ1) is 19.3. The number of carbonyl (C=O) groups excluding carboxylic acids is 2. The molecule has 8 heteroatoms. The van der Waals surface area contributed by atoms with Gasteiger partial charge in [-0.25, -0.2) is 4.79 Å². The number of aromatic amines is 1. The van der Waals surface area contributed by atoms with E-state index in [-0.39, 0.29) is 5.69 Å². The normalized spacial score (nSPS) is 11.3. The fourth-order valence-electron chi connectivity index (χ4n) is 2.43. The summed E-state index contributed by atoms with van der Waals surface area (Å²) >= 11 is 3.36. The lowest BCUT2D eigenvalue weighted by Crippen LogP contribution is -2.30. The molecule has 0 unspecified atom stereocenters. The highest BCUT2D eigenvalue weighted by Gasteiger charge is 2.24. The zero-order valence-electron chi connectivity index (χ0n) is 14.8. The van der Waals surface area contributed by atoms with Crippen LogP contribution in [0.2, 0.25) is 0 Å². The summed E-state index contributed by atoms with van der Waals surface area (Å²) in [5.74, 6) is -1.22. The van der Waals surface area contributed by atoms with Crippen LogP contribution in [-0.2, 0) is 9.53 Å². The molecule has 140 valence electrons. The van der Waals surface area contributed by atoms with Crippen LogP contribution in [-0.4, -0.2) is 28.2 Å². The third-order valence-electron chi connectivity index (χ3n) is 3.87. The molecule has 0 fully saturated rings. The zero-order chi connectivity index (χ0) is 20.1. The molecule has 0 saturated carbocycles. The minimum atomic E-state index is -1.05. The second kappa shape index (κ2) is 8.50. The monoisotopic (exact) mass is 438 g/mol. The molecule has 3 aromatic rings. The summed E-state index contributed by atoms with van der Waals surface area (Å²) < 4.78 is 5.70. The molecule has 7 nitrogen and oxygen atoms in total. The van der Waals surface area contributed by atoms with Crippen molar-refractivity contribution in [1.29, 1.82) is 5.26 Å². The maximum Gasteiger partial charge on any atom is 0.358 e. The van der Waals surface area contributed by atoms with Gasteiger partial charge in [0.1, 0.15) is 5.69 Å². The molecular weight excluding hydrogens is 424 g/mol.